The van der Waals surface area contributed by atoms with Crippen LogP contribution in [0.2, 0.25) is 0 Å². The molecule has 2 atom stereocenters. The minimum Gasteiger partial charge on any atom is -0.444 e. The van der Waals surface area contributed by atoms with E-state index in [1.54, 1.807) is 20.8 Å². The minimum absolute atomic E-state index is 0.0550. The summed E-state index contributed by atoms with van der Waals surface area (Å²) in [6.07, 6.45) is -2.49. The third kappa shape index (κ3) is 4.89. The smallest absolute Gasteiger partial charge is 0.410 e. The topological polar surface area (TPSA) is 79.2 Å². The summed E-state index contributed by atoms with van der Waals surface area (Å²) in [5, 5.41) is 19.1. The summed E-state index contributed by atoms with van der Waals surface area (Å²) in [7, 11) is 0. The Labute approximate surface area is 101 Å². The monoisotopic (exact) mass is 247 g/mol. The maximum atomic E-state index is 11.8. The molecule has 0 unspecified atom stereocenters. The molecule has 1 rings (SSSR count). The third-order valence-corrected chi connectivity index (χ3v) is 2.30. The number of nitrogens with zero attached hydrogens (tertiary/aromatic N) is 1. The standard InChI is InChI=1S/C11H21NO5/c1-11(2,3)17-10(15)12-4-5-16-7-9(14)8(13)6-12/h8-9,13-14H,4-7H2,1-3H3/t8-,9+/m0/s1. The highest BCUT2D eigenvalue weighted by Gasteiger charge is 2.28. The number of ether oxygens (including phenoxy) is 2. The average molecular weight is 247 g/mol. The largest absolute Gasteiger partial charge is 0.444 e. The second-order valence-corrected chi connectivity index (χ2v) is 5.14. The Balaban J connectivity index is 2.58. The molecule has 1 amide bonds. The van der Waals surface area contributed by atoms with E-state index in [-0.39, 0.29) is 13.2 Å². The number of rotatable bonds is 0. The average Bonchev–Trinajstić information content (AvgIpc) is 2.16. The van der Waals surface area contributed by atoms with Crippen molar-refractivity contribution < 1.29 is 24.5 Å². The lowest BCUT2D eigenvalue weighted by Gasteiger charge is -2.31. The van der Waals surface area contributed by atoms with Gasteiger partial charge in [0.05, 0.1) is 25.9 Å². The Morgan fingerprint density at radius 3 is 2.59 bits per heavy atom. The van der Waals surface area contributed by atoms with Crippen LogP contribution >= 0.6 is 0 Å². The van der Waals surface area contributed by atoms with Crippen molar-refractivity contribution in [3.63, 3.8) is 0 Å². The third-order valence-electron chi connectivity index (χ3n) is 2.30. The first-order valence-electron chi connectivity index (χ1n) is 5.71. The highest BCUT2D eigenvalue weighted by molar-refractivity contribution is 5.68. The number of β-amino-alcohol motifs (C(OH)–C–C–N with tert-alkyl or cyclic N) is 1. The zero-order valence-electron chi connectivity index (χ0n) is 10.5. The molecule has 6 nitrogen and oxygen atoms in total. The summed E-state index contributed by atoms with van der Waals surface area (Å²) in [6.45, 7) is 6.13. The Hall–Kier alpha value is -0.850. The lowest BCUT2D eigenvalue weighted by Crippen LogP contribution is -2.48. The van der Waals surface area contributed by atoms with Crippen LogP contribution in [-0.4, -0.2) is 65.3 Å². The maximum Gasteiger partial charge on any atom is 0.410 e. The van der Waals surface area contributed by atoms with E-state index in [0.29, 0.717) is 13.2 Å². The van der Waals surface area contributed by atoms with E-state index in [2.05, 4.69) is 0 Å². The van der Waals surface area contributed by atoms with Gasteiger partial charge in [-0.25, -0.2) is 4.79 Å². The van der Waals surface area contributed by atoms with Crippen molar-refractivity contribution in [2.24, 2.45) is 0 Å². The van der Waals surface area contributed by atoms with Crippen molar-refractivity contribution in [2.75, 3.05) is 26.3 Å². The second kappa shape index (κ2) is 5.66. The van der Waals surface area contributed by atoms with Crippen molar-refractivity contribution in [1.29, 1.82) is 0 Å². The van der Waals surface area contributed by atoms with E-state index in [4.69, 9.17) is 9.47 Å². The summed E-state index contributed by atoms with van der Waals surface area (Å²) in [5.41, 5.74) is -0.579. The predicted molar refractivity (Wildman–Crippen MR) is 60.6 cm³/mol. The first-order valence-corrected chi connectivity index (χ1v) is 5.71. The molecule has 0 radical (unpaired) electrons. The van der Waals surface area contributed by atoms with Crippen molar-refractivity contribution in [3.05, 3.63) is 0 Å². The van der Waals surface area contributed by atoms with Crippen LogP contribution in [0.1, 0.15) is 20.8 Å². The van der Waals surface area contributed by atoms with Crippen LogP contribution in [0, 0.1) is 0 Å². The number of aliphatic hydroxyl groups is 2. The SMILES string of the molecule is CC(C)(C)OC(=O)N1CCOC[C@@H](O)[C@@H](O)C1. The fraction of sp³-hybridized carbons (Fsp3) is 0.909. The lowest BCUT2D eigenvalue weighted by molar-refractivity contribution is -0.0729. The number of aliphatic hydroxyl groups excluding tert-OH is 2. The molecule has 0 aliphatic carbocycles. The van der Waals surface area contributed by atoms with Crippen LogP contribution < -0.4 is 0 Å². The number of hydrogen-bond donors (Lipinski definition) is 2. The van der Waals surface area contributed by atoms with E-state index in [1.165, 1.54) is 4.90 Å². The molecule has 0 saturated carbocycles. The molecule has 1 saturated heterocycles. The molecule has 1 aliphatic rings. The quantitative estimate of drug-likeness (QED) is 0.628. The molecule has 2 N–H and O–H groups in total. The van der Waals surface area contributed by atoms with Crippen molar-refractivity contribution in [1.82, 2.24) is 4.90 Å². The molecule has 6 heteroatoms. The summed E-state index contributed by atoms with van der Waals surface area (Å²) >= 11 is 0. The van der Waals surface area contributed by atoms with E-state index < -0.39 is 23.9 Å². The fourth-order valence-corrected chi connectivity index (χ4v) is 1.42. The van der Waals surface area contributed by atoms with Crippen molar-refractivity contribution in [3.8, 4) is 0 Å². The van der Waals surface area contributed by atoms with E-state index >= 15 is 0 Å². The van der Waals surface area contributed by atoms with Crippen LogP contribution in [0.15, 0.2) is 0 Å². The zero-order valence-corrected chi connectivity index (χ0v) is 10.5. The van der Waals surface area contributed by atoms with Gasteiger partial charge in [0, 0.05) is 6.54 Å². The number of hydrogen-bond acceptors (Lipinski definition) is 5. The summed E-state index contributed by atoms with van der Waals surface area (Å²) in [4.78, 5) is 13.1. The van der Waals surface area contributed by atoms with Gasteiger partial charge in [0.2, 0.25) is 0 Å². The Morgan fingerprint density at radius 2 is 2.00 bits per heavy atom. The number of amides is 1. The first-order chi connectivity index (χ1) is 7.79. The van der Waals surface area contributed by atoms with Gasteiger partial charge in [0.15, 0.2) is 0 Å². The molecular weight excluding hydrogens is 226 g/mol. The molecule has 0 aromatic carbocycles. The molecule has 100 valence electrons. The summed E-state index contributed by atoms with van der Waals surface area (Å²) in [6, 6.07) is 0. The minimum atomic E-state index is -1.01. The first kappa shape index (κ1) is 14.2. The molecule has 17 heavy (non-hydrogen) atoms. The molecule has 0 bridgehead atoms. The van der Waals surface area contributed by atoms with Gasteiger partial charge in [-0.05, 0) is 20.8 Å². The highest BCUT2D eigenvalue weighted by Crippen LogP contribution is 2.12. The molecule has 0 aromatic rings. The van der Waals surface area contributed by atoms with Crippen LogP contribution in [0.3, 0.4) is 0 Å². The van der Waals surface area contributed by atoms with Gasteiger partial charge in [0.25, 0.3) is 0 Å². The normalized spacial score (nSPS) is 27.2. The Morgan fingerprint density at radius 1 is 1.35 bits per heavy atom. The van der Waals surface area contributed by atoms with E-state index in [9.17, 15) is 15.0 Å². The fourth-order valence-electron chi connectivity index (χ4n) is 1.42. The van der Waals surface area contributed by atoms with Gasteiger partial charge in [-0.2, -0.15) is 0 Å². The highest BCUT2D eigenvalue weighted by atomic mass is 16.6. The molecule has 1 aliphatic heterocycles. The van der Waals surface area contributed by atoms with Crippen LogP contribution in [0.25, 0.3) is 0 Å². The van der Waals surface area contributed by atoms with Gasteiger partial charge < -0.3 is 24.6 Å². The second-order valence-electron chi connectivity index (χ2n) is 5.14. The van der Waals surface area contributed by atoms with Crippen LogP contribution in [0.5, 0.6) is 0 Å². The Bertz CT molecular complexity index is 263. The Kier molecular flexibility index (Phi) is 4.73. The van der Waals surface area contributed by atoms with Gasteiger partial charge in [-0.1, -0.05) is 0 Å². The maximum absolute atomic E-state index is 11.8. The summed E-state index contributed by atoms with van der Waals surface area (Å²) < 4.78 is 10.3. The molecule has 1 heterocycles. The van der Waals surface area contributed by atoms with Gasteiger partial charge in [0.1, 0.15) is 11.7 Å². The van der Waals surface area contributed by atoms with Crippen molar-refractivity contribution in [2.45, 2.75) is 38.6 Å². The van der Waals surface area contributed by atoms with E-state index in [1.807, 2.05) is 0 Å². The molecule has 1 fully saturated rings. The zero-order chi connectivity index (χ0) is 13.1. The van der Waals surface area contributed by atoms with Gasteiger partial charge >= 0.3 is 6.09 Å². The summed E-state index contributed by atoms with van der Waals surface area (Å²) in [5.74, 6) is 0. The lowest BCUT2D eigenvalue weighted by atomic mass is 10.2. The molecular formula is C11H21NO5. The number of carbonyl (C=O) groups excluding carboxylic acids is 1. The van der Waals surface area contributed by atoms with Crippen molar-refractivity contribution >= 4 is 6.09 Å². The molecule has 0 aromatic heterocycles. The van der Waals surface area contributed by atoms with Crippen LogP contribution in [-0.2, 0) is 9.47 Å². The number of carbonyl (C=O) groups is 1. The molecule has 0 spiro atoms. The van der Waals surface area contributed by atoms with E-state index in [0.717, 1.165) is 0 Å². The van der Waals surface area contributed by atoms with Gasteiger partial charge in [-0.3, -0.25) is 0 Å². The van der Waals surface area contributed by atoms with Crippen LogP contribution in [0.4, 0.5) is 4.79 Å². The van der Waals surface area contributed by atoms with Gasteiger partial charge in [-0.15, -0.1) is 0 Å². The predicted octanol–water partition coefficient (Wildman–Crippen LogP) is -0.0245.